The number of amides is 1. The Balaban J connectivity index is 2.00. The van der Waals surface area contributed by atoms with E-state index in [1.165, 1.54) is 0 Å². The third kappa shape index (κ3) is 5.84. The highest BCUT2D eigenvalue weighted by Gasteiger charge is 2.18. The third-order valence-electron chi connectivity index (χ3n) is 3.59. The number of ether oxygens (including phenoxy) is 2. The largest absolute Gasteiger partial charge is 0.497 e. The molecule has 0 aliphatic heterocycles. The molecular formula is C19H21NO5. The first kappa shape index (κ1) is 18.3. The maximum atomic E-state index is 12.1. The van der Waals surface area contributed by atoms with Gasteiger partial charge in [-0.1, -0.05) is 24.3 Å². The van der Waals surface area contributed by atoms with Crippen LogP contribution in [0.4, 0.5) is 0 Å². The maximum absolute atomic E-state index is 12.1. The van der Waals surface area contributed by atoms with Crippen LogP contribution in [0, 0.1) is 6.92 Å². The summed E-state index contributed by atoms with van der Waals surface area (Å²) in [5.74, 6) is -0.134. The van der Waals surface area contributed by atoms with Gasteiger partial charge < -0.3 is 19.9 Å². The van der Waals surface area contributed by atoms with Crippen LogP contribution in [0.15, 0.2) is 48.5 Å². The van der Waals surface area contributed by atoms with Crippen molar-refractivity contribution < 1.29 is 24.2 Å². The fourth-order valence-electron chi connectivity index (χ4n) is 2.35. The molecule has 0 bridgehead atoms. The first-order chi connectivity index (χ1) is 12.0. The molecule has 1 amide bonds. The Bertz CT molecular complexity index is 727. The summed E-state index contributed by atoms with van der Waals surface area (Å²) in [6.07, 6.45) is -0.220. The van der Waals surface area contributed by atoms with Crippen molar-refractivity contribution in [3.63, 3.8) is 0 Å². The number of hydrogen-bond acceptors (Lipinski definition) is 4. The lowest BCUT2D eigenvalue weighted by Gasteiger charge is -2.18. The third-order valence-corrected chi connectivity index (χ3v) is 3.59. The zero-order valence-electron chi connectivity index (χ0n) is 14.2. The molecule has 132 valence electrons. The molecule has 0 radical (unpaired) electrons. The number of carbonyl (C=O) groups is 2. The fourth-order valence-corrected chi connectivity index (χ4v) is 2.35. The maximum Gasteiger partial charge on any atom is 0.305 e. The Kier molecular flexibility index (Phi) is 6.39. The second kappa shape index (κ2) is 8.73. The number of rotatable bonds is 8. The predicted molar refractivity (Wildman–Crippen MR) is 92.8 cm³/mol. The minimum Gasteiger partial charge on any atom is -0.497 e. The van der Waals surface area contributed by atoms with Gasteiger partial charge in [0.05, 0.1) is 19.6 Å². The van der Waals surface area contributed by atoms with E-state index in [1.54, 1.807) is 37.4 Å². The van der Waals surface area contributed by atoms with Crippen molar-refractivity contribution in [1.82, 2.24) is 5.32 Å². The van der Waals surface area contributed by atoms with Crippen LogP contribution in [0.1, 0.15) is 23.6 Å². The molecule has 0 aliphatic rings. The van der Waals surface area contributed by atoms with Crippen molar-refractivity contribution in [3.05, 3.63) is 59.7 Å². The first-order valence-corrected chi connectivity index (χ1v) is 7.82. The molecule has 0 saturated heterocycles. The van der Waals surface area contributed by atoms with Crippen molar-refractivity contribution >= 4 is 11.9 Å². The van der Waals surface area contributed by atoms with Crippen molar-refractivity contribution in [2.24, 2.45) is 0 Å². The molecular weight excluding hydrogens is 322 g/mol. The van der Waals surface area contributed by atoms with Crippen molar-refractivity contribution in [2.75, 3.05) is 13.7 Å². The highest BCUT2D eigenvalue weighted by atomic mass is 16.5. The van der Waals surface area contributed by atoms with E-state index in [4.69, 9.17) is 14.6 Å². The van der Waals surface area contributed by atoms with Crippen LogP contribution in [-0.2, 0) is 9.59 Å². The predicted octanol–water partition coefficient (Wildman–Crippen LogP) is 2.71. The van der Waals surface area contributed by atoms with Gasteiger partial charge in [0.25, 0.3) is 5.91 Å². The van der Waals surface area contributed by atoms with Crippen LogP contribution in [0.25, 0.3) is 0 Å². The highest BCUT2D eigenvalue weighted by molar-refractivity contribution is 5.79. The lowest BCUT2D eigenvalue weighted by atomic mass is 10.0. The average molecular weight is 343 g/mol. The molecule has 1 atom stereocenters. The van der Waals surface area contributed by atoms with Crippen LogP contribution in [0.2, 0.25) is 0 Å². The molecule has 2 N–H and O–H groups in total. The Morgan fingerprint density at radius 2 is 1.84 bits per heavy atom. The summed E-state index contributed by atoms with van der Waals surface area (Å²) >= 11 is 0. The van der Waals surface area contributed by atoms with Crippen LogP contribution in [-0.4, -0.2) is 30.7 Å². The highest BCUT2D eigenvalue weighted by Crippen LogP contribution is 2.20. The second-order valence-electron chi connectivity index (χ2n) is 5.60. The number of benzene rings is 2. The van der Waals surface area contributed by atoms with Crippen molar-refractivity contribution in [2.45, 2.75) is 19.4 Å². The van der Waals surface area contributed by atoms with E-state index in [9.17, 15) is 9.59 Å². The normalized spacial score (nSPS) is 11.4. The van der Waals surface area contributed by atoms with Gasteiger partial charge in [-0.25, -0.2) is 0 Å². The number of carboxylic acid groups (broad SMARTS) is 1. The molecule has 0 fully saturated rings. The van der Waals surface area contributed by atoms with Gasteiger partial charge in [0.1, 0.15) is 11.5 Å². The molecule has 0 aliphatic carbocycles. The molecule has 0 heterocycles. The minimum atomic E-state index is -0.999. The summed E-state index contributed by atoms with van der Waals surface area (Å²) in [5, 5.41) is 11.8. The lowest BCUT2D eigenvalue weighted by Crippen LogP contribution is -2.33. The number of aliphatic carboxylic acids is 1. The Hall–Kier alpha value is -3.02. The Morgan fingerprint density at radius 1 is 1.12 bits per heavy atom. The number of nitrogens with one attached hydrogen (secondary N) is 1. The van der Waals surface area contributed by atoms with E-state index in [-0.39, 0.29) is 18.9 Å². The zero-order valence-corrected chi connectivity index (χ0v) is 14.2. The van der Waals surface area contributed by atoms with Gasteiger partial charge in [-0.2, -0.15) is 0 Å². The molecule has 2 rings (SSSR count). The molecule has 0 aromatic heterocycles. The van der Waals surface area contributed by atoms with Gasteiger partial charge in [0, 0.05) is 0 Å². The summed E-state index contributed by atoms with van der Waals surface area (Å²) in [6, 6.07) is 13.6. The van der Waals surface area contributed by atoms with Crippen LogP contribution < -0.4 is 14.8 Å². The molecule has 25 heavy (non-hydrogen) atoms. The summed E-state index contributed by atoms with van der Waals surface area (Å²) in [5.41, 5.74) is 1.71. The molecule has 0 spiro atoms. The topological polar surface area (TPSA) is 84.9 Å². The van der Waals surface area contributed by atoms with Gasteiger partial charge in [-0.15, -0.1) is 0 Å². The van der Waals surface area contributed by atoms with Gasteiger partial charge in [-0.3, -0.25) is 9.59 Å². The number of methoxy groups -OCH3 is 1. The van der Waals surface area contributed by atoms with E-state index in [1.807, 2.05) is 25.1 Å². The molecule has 6 heteroatoms. The lowest BCUT2D eigenvalue weighted by molar-refractivity contribution is -0.137. The monoisotopic (exact) mass is 343 g/mol. The molecule has 0 saturated carbocycles. The smallest absolute Gasteiger partial charge is 0.305 e. The summed E-state index contributed by atoms with van der Waals surface area (Å²) in [7, 11) is 1.55. The summed E-state index contributed by atoms with van der Waals surface area (Å²) in [6.45, 7) is 1.75. The summed E-state index contributed by atoms with van der Waals surface area (Å²) < 4.78 is 10.5. The average Bonchev–Trinajstić information content (AvgIpc) is 2.59. The zero-order chi connectivity index (χ0) is 18.2. The van der Waals surface area contributed by atoms with E-state index in [2.05, 4.69) is 5.32 Å². The SMILES string of the molecule is COc1ccc(C(CC(=O)O)NC(=O)COc2cccc(C)c2)cc1. The van der Waals surface area contributed by atoms with Gasteiger partial charge in [-0.05, 0) is 42.3 Å². The fraction of sp³-hybridized carbons (Fsp3) is 0.263. The van der Waals surface area contributed by atoms with E-state index < -0.39 is 12.0 Å². The molecule has 2 aromatic rings. The van der Waals surface area contributed by atoms with Gasteiger partial charge in [0.2, 0.25) is 0 Å². The van der Waals surface area contributed by atoms with Crippen molar-refractivity contribution in [1.29, 1.82) is 0 Å². The van der Waals surface area contributed by atoms with E-state index in [0.29, 0.717) is 17.1 Å². The first-order valence-electron chi connectivity index (χ1n) is 7.82. The number of carboxylic acids is 1. The second-order valence-corrected chi connectivity index (χ2v) is 5.60. The molecule has 6 nitrogen and oxygen atoms in total. The molecule has 1 unspecified atom stereocenters. The Morgan fingerprint density at radius 3 is 2.44 bits per heavy atom. The minimum absolute atomic E-state index is 0.185. The number of carbonyl (C=O) groups excluding carboxylic acids is 1. The Labute approximate surface area is 146 Å². The van der Waals surface area contributed by atoms with Gasteiger partial charge in [0.15, 0.2) is 6.61 Å². The van der Waals surface area contributed by atoms with E-state index in [0.717, 1.165) is 5.56 Å². The van der Waals surface area contributed by atoms with Crippen LogP contribution >= 0.6 is 0 Å². The number of aryl methyl sites for hydroxylation is 1. The number of hydrogen-bond donors (Lipinski definition) is 2. The quantitative estimate of drug-likeness (QED) is 0.770. The van der Waals surface area contributed by atoms with Crippen molar-refractivity contribution in [3.8, 4) is 11.5 Å². The molecule has 2 aromatic carbocycles. The summed E-state index contributed by atoms with van der Waals surface area (Å²) in [4.78, 5) is 23.2. The van der Waals surface area contributed by atoms with Gasteiger partial charge >= 0.3 is 5.97 Å². The van der Waals surface area contributed by atoms with Crippen LogP contribution in [0.5, 0.6) is 11.5 Å². The van der Waals surface area contributed by atoms with Crippen LogP contribution in [0.3, 0.4) is 0 Å². The van der Waals surface area contributed by atoms with E-state index >= 15 is 0 Å². The standard InChI is InChI=1S/C19H21NO5/c1-13-4-3-5-16(10-13)25-12-18(21)20-17(11-19(22)23)14-6-8-15(24-2)9-7-14/h3-10,17H,11-12H2,1-2H3,(H,20,21)(H,22,23).